The van der Waals surface area contributed by atoms with Crippen LogP contribution in [0.15, 0.2) is 15.6 Å². The molecule has 0 radical (unpaired) electrons. The van der Waals surface area contributed by atoms with E-state index in [0.29, 0.717) is 13.1 Å². The van der Waals surface area contributed by atoms with Gasteiger partial charge in [0.1, 0.15) is 5.76 Å². The molecule has 0 saturated heterocycles. The van der Waals surface area contributed by atoms with Crippen molar-refractivity contribution in [1.29, 1.82) is 0 Å². The van der Waals surface area contributed by atoms with E-state index < -0.39 is 10.0 Å². The van der Waals surface area contributed by atoms with Crippen molar-refractivity contribution in [1.82, 2.24) is 15.4 Å². The fourth-order valence-electron chi connectivity index (χ4n) is 1.45. The Balaban J connectivity index is 0.00000361. The molecule has 0 atom stereocenters. The van der Waals surface area contributed by atoms with Gasteiger partial charge in [-0.3, -0.25) is 4.79 Å². The van der Waals surface area contributed by atoms with Gasteiger partial charge in [0.05, 0.1) is 5.56 Å². The largest absolute Gasteiger partial charge is 0.448 e. The highest BCUT2D eigenvalue weighted by atomic mass is 35.5. The lowest BCUT2D eigenvalue weighted by Crippen LogP contribution is -2.31. The summed E-state index contributed by atoms with van der Waals surface area (Å²) in [7, 11) is -2.39. The minimum atomic E-state index is -3.67. The summed E-state index contributed by atoms with van der Waals surface area (Å²) >= 11 is 0. The van der Waals surface area contributed by atoms with Crippen molar-refractivity contribution in [3.63, 3.8) is 0 Å². The normalized spacial score (nSPS) is 10.9. The zero-order valence-corrected chi connectivity index (χ0v) is 13.3. The highest BCUT2D eigenvalue weighted by molar-refractivity contribution is 7.89. The number of hydrogen-bond acceptors (Lipinski definition) is 5. The Morgan fingerprint density at radius 2 is 2.00 bits per heavy atom. The molecule has 0 unspecified atom stereocenters. The van der Waals surface area contributed by atoms with Crippen LogP contribution < -0.4 is 15.4 Å². The predicted molar refractivity (Wildman–Crippen MR) is 77.8 cm³/mol. The van der Waals surface area contributed by atoms with Crippen LogP contribution in [0.4, 0.5) is 0 Å². The summed E-state index contributed by atoms with van der Waals surface area (Å²) < 4.78 is 30.3. The number of rotatable bonds is 7. The summed E-state index contributed by atoms with van der Waals surface area (Å²) in [6, 6.07) is 1.23. The Bertz CT molecular complexity index is 542. The van der Waals surface area contributed by atoms with Gasteiger partial charge in [0.15, 0.2) is 0 Å². The molecule has 1 aromatic rings. The molecule has 0 aromatic carbocycles. The maximum atomic E-state index is 11.8. The molecule has 1 amide bonds. The molecule has 1 rings (SSSR count). The van der Waals surface area contributed by atoms with E-state index in [0.717, 1.165) is 6.54 Å². The van der Waals surface area contributed by atoms with Gasteiger partial charge in [-0.1, -0.05) is 6.92 Å². The molecule has 3 N–H and O–H groups in total. The quantitative estimate of drug-likeness (QED) is 0.624. The highest BCUT2D eigenvalue weighted by Gasteiger charge is 2.22. The van der Waals surface area contributed by atoms with Crippen molar-refractivity contribution < 1.29 is 17.6 Å². The van der Waals surface area contributed by atoms with Gasteiger partial charge in [0.25, 0.3) is 15.9 Å². The first-order valence-corrected chi connectivity index (χ1v) is 7.43. The number of likely N-dealkylation sites (N-methyl/N-ethyl adjacent to an activating group) is 1. The maximum Gasteiger partial charge on any atom is 0.273 e. The van der Waals surface area contributed by atoms with E-state index in [9.17, 15) is 13.2 Å². The molecule has 0 bridgehead atoms. The van der Waals surface area contributed by atoms with Crippen molar-refractivity contribution in [2.45, 2.75) is 18.9 Å². The Morgan fingerprint density at radius 1 is 1.35 bits per heavy atom. The number of nitrogens with one attached hydrogen (secondary N) is 3. The average molecular weight is 326 g/mol. The predicted octanol–water partition coefficient (Wildman–Crippen LogP) is 0.257. The van der Waals surface area contributed by atoms with Crippen LogP contribution in [-0.2, 0) is 10.0 Å². The number of aryl methyl sites for hydroxylation is 1. The van der Waals surface area contributed by atoms with E-state index in [-0.39, 0.29) is 34.7 Å². The SMILES string of the molecule is CCNCCNC(=O)c1cc(S(=O)(=O)NC)oc1C.Cl. The first kappa shape index (κ1) is 18.9. The van der Waals surface area contributed by atoms with Crippen molar-refractivity contribution >= 4 is 28.3 Å². The second-order valence-corrected chi connectivity index (χ2v) is 5.67. The van der Waals surface area contributed by atoms with Crippen LogP contribution in [0, 0.1) is 6.92 Å². The molecule has 0 aliphatic rings. The third-order valence-electron chi connectivity index (χ3n) is 2.51. The van der Waals surface area contributed by atoms with E-state index in [4.69, 9.17) is 4.42 Å². The number of hydrogen-bond donors (Lipinski definition) is 3. The van der Waals surface area contributed by atoms with E-state index in [1.807, 2.05) is 6.92 Å². The van der Waals surface area contributed by atoms with Crippen molar-refractivity contribution in [3.8, 4) is 0 Å². The Labute approximate surface area is 125 Å². The second kappa shape index (κ2) is 8.25. The third kappa shape index (κ3) is 4.78. The molecule has 7 nitrogen and oxygen atoms in total. The zero-order valence-electron chi connectivity index (χ0n) is 11.6. The van der Waals surface area contributed by atoms with E-state index in [1.165, 1.54) is 13.1 Å². The highest BCUT2D eigenvalue weighted by Crippen LogP contribution is 2.18. The average Bonchev–Trinajstić information content (AvgIpc) is 2.77. The fraction of sp³-hybridized carbons (Fsp3) is 0.545. The van der Waals surface area contributed by atoms with Crippen LogP contribution in [-0.4, -0.2) is 41.0 Å². The van der Waals surface area contributed by atoms with E-state index in [2.05, 4.69) is 15.4 Å². The number of amides is 1. The molecule has 1 heterocycles. The van der Waals surface area contributed by atoms with Crippen molar-refractivity contribution in [2.24, 2.45) is 0 Å². The van der Waals surface area contributed by atoms with Crippen LogP contribution in [0.3, 0.4) is 0 Å². The Hall–Kier alpha value is -1.09. The van der Waals surface area contributed by atoms with Gasteiger partial charge < -0.3 is 15.1 Å². The number of halogens is 1. The van der Waals surface area contributed by atoms with Crippen LogP contribution in [0.2, 0.25) is 0 Å². The van der Waals surface area contributed by atoms with E-state index in [1.54, 1.807) is 6.92 Å². The minimum absolute atomic E-state index is 0. The van der Waals surface area contributed by atoms with Crippen molar-refractivity contribution in [3.05, 3.63) is 17.4 Å². The lowest BCUT2D eigenvalue weighted by Gasteiger charge is -2.04. The summed E-state index contributed by atoms with van der Waals surface area (Å²) in [5.41, 5.74) is 0.227. The van der Waals surface area contributed by atoms with Gasteiger partial charge >= 0.3 is 0 Å². The van der Waals surface area contributed by atoms with Gasteiger partial charge in [0, 0.05) is 19.2 Å². The molecule has 20 heavy (non-hydrogen) atoms. The lowest BCUT2D eigenvalue weighted by atomic mass is 10.2. The summed E-state index contributed by atoms with van der Waals surface area (Å²) in [5.74, 6) is -0.0773. The molecule has 116 valence electrons. The van der Waals surface area contributed by atoms with Gasteiger partial charge in [0.2, 0.25) is 5.09 Å². The van der Waals surface area contributed by atoms with Crippen molar-refractivity contribution in [2.75, 3.05) is 26.7 Å². The molecular formula is C11H20ClN3O4S. The number of furan rings is 1. The molecule has 1 aromatic heterocycles. The number of carbonyl (C=O) groups is 1. The first-order chi connectivity index (χ1) is 8.92. The van der Waals surface area contributed by atoms with Gasteiger partial charge in [-0.25, -0.2) is 13.1 Å². The topological polar surface area (TPSA) is 100 Å². The summed E-state index contributed by atoms with van der Waals surface area (Å²) in [4.78, 5) is 11.8. The first-order valence-electron chi connectivity index (χ1n) is 5.95. The van der Waals surface area contributed by atoms with Gasteiger partial charge in [-0.05, 0) is 20.5 Å². The maximum absolute atomic E-state index is 11.8. The van der Waals surface area contributed by atoms with Crippen LogP contribution in [0.5, 0.6) is 0 Å². The fourth-order valence-corrected chi connectivity index (χ4v) is 2.16. The minimum Gasteiger partial charge on any atom is -0.448 e. The molecule has 0 saturated carbocycles. The number of carbonyl (C=O) groups excluding carboxylic acids is 1. The smallest absolute Gasteiger partial charge is 0.273 e. The summed E-state index contributed by atoms with van der Waals surface area (Å²) in [6.45, 7) is 5.46. The molecule has 0 spiro atoms. The second-order valence-electron chi connectivity index (χ2n) is 3.85. The van der Waals surface area contributed by atoms with Crippen LogP contribution in [0.25, 0.3) is 0 Å². The molecule has 0 aliphatic carbocycles. The van der Waals surface area contributed by atoms with Crippen LogP contribution >= 0.6 is 12.4 Å². The lowest BCUT2D eigenvalue weighted by molar-refractivity contribution is 0.0952. The number of sulfonamides is 1. The molecule has 0 fully saturated rings. The zero-order chi connectivity index (χ0) is 14.5. The standard InChI is InChI=1S/C11H19N3O4S.ClH/c1-4-13-5-6-14-11(15)9-7-10(18-8(9)2)19(16,17)12-3;/h7,12-13H,4-6H2,1-3H3,(H,14,15);1H. The molecular weight excluding hydrogens is 306 g/mol. The monoisotopic (exact) mass is 325 g/mol. The summed E-state index contributed by atoms with van der Waals surface area (Å²) in [6.07, 6.45) is 0. The van der Waals surface area contributed by atoms with Gasteiger partial charge in [-0.15, -0.1) is 12.4 Å². The molecule has 0 aliphatic heterocycles. The molecule has 9 heteroatoms. The Morgan fingerprint density at radius 3 is 2.55 bits per heavy atom. The van der Waals surface area contributed by atoms with Crippen LogP contribution in [0.1, 0.15) is 23.0 Å². The van der Waals surface area contributed by atoms with E-state index >= 15 is 0 Å². The summed E-state index contributed by atoms with van der Waals surface area (Å²) in [5, 5.41) is 5.49. The Kier molecular flexibility index (Phi) is 7.80. The third-order valence-corrected chi connectivity index (χ3v) is 3.78. The van der Waals surface area contributed by atoms with Gasteiger partial charge in [-0.2, -0.15) is 0 Å².